The van der Waals surface area contributed by atoms with Gasteiger partial charge in [0.25, 0.3) is 0 Å². The monoisotopic (exact) mass is 266 g/mol. The molecular formula is C8H8BrClOS. The van der Waals surface area contributed by atoms with Crippen molar-refractivity contribution in [2.24, 2.45) is 0 Å². The molecule has 1 aromatic rings. The smallest absolute Gasteiger partial charge is 0.0917 e. The Hall–Kier alpha value is 0.140. The molecule has 0 spiro atoms. The molecule has 0 aromatic heterocycles. The molecule has 0 bridgehead atoms. The van der Waals surface area contributed by atoms with E-state index in [1.165, 1.54) is 0 Å². The van der Waals surface area contributed by atoms with E-state index in [-0.39, 0.29) is 4.16 Å². The van der Waals surface area contributed by atoms with E-state index in [2.05, 4.69) is 15.9 Å². The second-order valence-corrected chi connectivity index (χ2v) is 6.48. The molecule has 4 heteroatoms. The van der Waals surface area contributed by atoms with E-state index in [9.17, 15) is 4.21 Å². The average Bonchev–Trinajstić information content (AvgIpc) is 2.04. The third-order valence-electron chi connectivity index (χ3n) is 1.34. The topological polar surface area (TPSA) is 17.1 Å². The van der Waals surface area contributed by atoms with Crippen LogP contribution in [-0.2, 0) is 10.8 Å². The number of rotatable bonds is 2. The van der Waals surface area contributed by atoms with E-state index in [0.29, 0.717) is 5.02 Å². The highest BCUT2D eigenvalue weighted by molar-refractivity contribution is 9.11. The molecule has 0 aliphatic rings. The molecule has 0 amide bonds. The zero-order valence-corrected chi connectivity index (χ0v) is 9.62. The van der Waals surface area contributed by atoms with Gasteiger partial charge in [-0.25, -0.2) is 0 Å². The largest absolute Gasteiger partial charge is 0.253 e. The lowest BCUT2D eigenvalue weighted by Gasteiger charge is -2.03. The van der Waals surface area contributed by atoms with E-state index in [1.807, 2.05) is 6.92 Å². The van der Waals surface area contributed by atoms with Gasteiger partial charge in [-0.2, -0.15) is 0 Å². The summed E-state index contributed by atoms with van der Waals surface area (Å²) in [7, 11) is -0.985. The van der Waals surface area contributed by atoms with Gasteiger partial charge >= 0.3 is 0 Å². The Kier molecular flexibility index (Phi) is 3.75. The molecule has 0 saturated heterocycles. The van der Waals surface area contributed by atoms with Gasteiger partial charge in [0.1, 0.15) is 0 Å². The fourth-order valence-corrected chi connectivity index (χ4v) is 2.31. The maximum Gasteiger partial charge on any atom is 0.0917 e. The van der Waals surface area contributed by atoms with Crippen LogP contribution in [0.25, 0.3) is 0 Å². The van der Waals surface area contributed by atoms with Gasteiger partial charge in [0.05, 0.1) is 15.0 Å². The second-order valence-electron chi connectivity index (χ2n) is 2.29. The molecule has 0 radical (unpaired) electrons. The highest BCUT2D eigenvalue weighted by atomic mass is 79.9. The maximum atomic E-state index is 11.5. The van der Waals surface area contributed by atoms with Crippen molar-refractivity contribution in [3.8, 4) is 0 Å². The number of alkyl halides is 1. The summed E-state index contributed by atoms with van der Waals surface area (Å²) < 4.78 is 11.4. The van der Waals surface area contributed by atoms with Crippen molar-refractivity contribution in [3.05, 3.63) is 29.3 Å². The van der Waals surface area contributed by atoms with Crippen LogP contribution in [0.3, 0.4) is 0 Å². The van der Waals surface area contributed by atoms with Crippen LogP contribution in [0.1, 0.15) is 6.92 Å². The Balaban J connectivity index is 2.90. The average molecular weight is 268 g/mol. The fourth-order valence-electron chi connectivity index (χ4n) is 0.756. The second kappa shape index (κ2) is 4.40. The highest BCUT2D eigenvalue weighted by Gasteiger charge is 2.08. The quantitative estimate of drug-likeness (QED) is 0.752. The van der Waals surface area contributed by atoms with E-state index < -0.39 is 10.8 Å². The zero-order valence-electron chi connectivity index (χ0n) is 6.46. The predicted molar refractivity (Wildman–Crippen MR) is 56.2 cm³/mol. The Morgan fingerprint density at radius 3 is 2.33 bits per heavy atom. The molecule has 0 heterocycles. The summed E-state index contributed by atoms with van der Waals surface area (Å²) in [5.74, 6) is 0. The third-order valence-corrected chi connectivity index (χ3v) is 3.94. The Morgan fingerprint density at radius 2 is 1.92 bits per heavy atom. The summed E-state index contributed by atoms with van der Waals surface area (Å²) in [5, 5.41) is 0.665. The van der Waals surface area contributed by atoms with Crippen LogP contribution < -0.4 is 0 Å². The first-order valence-electron chi connectivity index (χ1n) is 3.41. The molecular weight excluding hydrogens is 260 g/mol. The first kappa shape index (κ1) is 10.2. The SMILES string of the molecule is C[C@@H](Br)S(=O)c1ccc(Cl)cc1. The van der Waals surface area contributed by atoms with Crippen molar-refractivity contribution in [2.75, 3.05) is 0 Å². The molecule has 2 atom stereocenters. The van der Waals surface area contributed by atoms with Gasteiger partial charge in [0, 0.05) is 9.92 Å². The van der Waals surface area contributed by atoms with Crippen LogP contribution in [0.2, 0.25) is 5.02 Å². The van der Waals surface area contributed by atoms with Gasteiger partial charge in [0.15, 0.2) is 0 Å². The molecule has 0 N–H and O–H groups in total. The van der Waals surface area contributed by atoms with Gasteiger partial charge in [-0.05, 0) is 31.2 Å². The van der Waals surface area contributed by atoms with Crippen molar-refractivity contribution in [1.29, 1.82) is 0 Å². The van der Waals surface area contributed by atoms with Crippen molar-refractivity contribution >= 4 is 38.3 Å². The zero-order chi connectivity index (χ0) is 9.14. The summed E-state index contributed by atoms with van der Waals surface area (Å²) in [5.41, 5.74) is 0. The summed E-state index contributed by atoms with van der Waals surface area (Å²) in [6.07, 6.45) is 0. The molecule has 1 aromatic carbocycles. The van der Waals surface area contributed by atoms with Crippen molar-refractivity contribution in [1.82, 2.24) is 0 Å². The van der Waals surface area contributed by atoms with Crippen LogP contribution >= 0.6 is 27.5 Å². The van der Waals surface area contributed by atoms with Crippen LogP contribution in [0.15, 0.2) is 29.2 Å². The maximum absolute atomic E-state index is 11.5. The van der Waals surface area contributed by atoms with Crippen LogP contribution in [-0.4, -0.2) is 8.37 Å². The van der Waals surface area contributed by atoms with E-state index >= 15 is 0 Å². The van der Waals surface area contributed by atoms with Gasteiger partial charge < -0.3 is 0 Å². The molecule has 1 rings (SSSR count). The lowest BCUT2D eigenvalue weighted by molar-refractivity contribution is 0.682. The molecule has 1 unspecified atom stereocenters. The lowest BCUT2D eigenvalue weighted by atomic mass is 10.4. The molecule has 0 aliphatic heterocycles. The standard InChI is InChI=1S/C8H8BrClOS/c1-6(9)12(11)8-4-2-7(10)3-5-8/h2-6H,1H3/t6-,12?/m0/s1. The predicted octanol–water partition coefficient (Wildman–Crippen LogP) is 3.19. The fraction of sp³-hybridized carbons (Fsp3) is 0.250. The van der Waals surface area contributed by atoms with Crippen molar-refractivity contribution < 1.29 is 4.21 Å². The van der Waals surface area contributed by atoms with Crippen LogP contribution in [0, 0.1) is 0 Å². The normalized spacial score (nSPS) is 15.6. The molecule has 0 fully saturated rings. The first-order valence-corrected chi connectivity index (χ1v) is 5.92. The van der Waals surface area contributed by atoms with Crippen LogP contribution in [0.4, 0.5) is 0 Å². The minimum absolute atomic E-state index is 0.0290. The van der Waals surface area contributed by atoms with Gasteiger partial charge in [0.2, 0.25) is 0 Å². The molecule has 12 heavy (non-hydrogen) atoms. The summed E-state index contributed by atoms with van der Waals surface area (Å²) in [4.78, 5) is 0.795. The first-order chi connectivity index (χ1) is 5.61. The number of benzene rings is 1. The van der Waals surface area contributed by atoms with E-state index in [4.69, 9.17) is 11.6 Å². The summed E-state index contributed by atoms with van der Waals surface area (Å²) in [6.45, 7) is 1.85. The Bertz CT molecular complexity index is 284. The van der Waals surface area contributed by atoms with Crippen molar-refractivity contribution in [3.63, 3.8) is 0 Å². The van der Waals surface area contributed by atoms with E-state index in [0.717, 1.165) is 4.90 Å². The lowest BCUT2D eigenvalue weighted by Crippen LogP contribution is -2.01. The van der Waals surface area contributed by atoms with Crippen LogP contribution in [0.5, 0.6) is 0 Å². The van der Waals surface area contributed by atoms with Gasteiger partial charge in [-0.15, -0.1) is 0 Å². The van der Waals surface area contributed by atoms with Gasteiger partial charge in [-0.3, -0.25) is 4.21 Å². The summed E-state index contributed by atoms with van der Waals surface area (Å²) in [6, 6.07) is 7.03. The molecule has 0 aliphatic carbocycles. The highest BCUT2D eigenvalue weighted by Crippen LogP contribution is 2.17. The number of hydrogen-bond donors (Lipinski definition) is 0. The number of hydrogen-bond acceptors (Lipinski definition) is 1. The Labute approximate surface area is 87.7 Å². The molecule has 0 saturated carbocycles. The minimum atomic E-state index is -0.985. The van der Waals surface area contributed by atoms with Gasteiger partial charge in [-0.1, -0.05) is 27.5 Å². The Morgan fingerprint density at radius 1 is 1.42 bits per heavy atom. The molecule has 66 valence electrons. The molecule has 1 nitrogen and oxygen atoms in total. The summed E-state index contributed by atoms with van der Waals surface area (Å²) >= 11 is 8.95. The van der Waals surface area contributed by atoms with Crippen molar-refractivity contribution in [2.45, 2.75) is 16.0 Å². The third kappa shape index (κ3) is 2.57. The number of halogens is 2. The van der Waals surface area contributed by atoms with E-state index in [1.54, 1.807) is 24.3 Å². The minimum Gasteiger partial charge on any atom is -0.253 e.